The number of anilines is 1. The number of hydrogen-bond acceptors (Lipinski definition) is 7. The van der Waals surface area contributed by atoms with E-state index in [0.29, 0.717) is 5.69 Å². The molecule has 1 saturated carbocycles. The van der Waals surface area contributed by atoms with E-state index in [0.717, 1.165) is 11.2 Å². The summed E-state index contributed by atoms with van der Waals surface area (Å²) < 4.78 is 24.7. The number of halogens is 1. The smallest absolute Gasteiger partial charge is 0.278 e. The molecule has 1 amide bonds. The van der Waals surface area contributed by atoms with E-state index in [2.05, 4.69) is 21.2 Å². The summed E-state index contributed by atoms with van der Waals surface area (Å²) in [6, 6.07) is 3.48. The molecule has 0 unspecified atom stereocenters. The van der Waals surface area contributed by atoms with E-state index in [4.69, 9.17) is 22.9 Å². The Morgan fingerprint density at radius 3 is 2.76 bits per heavy atom. The van der Waals surface area contributed by atoms with Crippen LogP contribution in [-0.2, 0) is 19.5 Å². The van der Waals surface area contributed by atoms with Gasteiger partial charge in [0, 0.05) is 12.5 Å². The highest BCUT2D eigenvalue weighted by molar-refractivity contribution is 7.93. The van der Waals surface area contributed by atoms with Gasteiger partial charge in [0.1, 0.15) is 17.5 Å². The number of aromatic nitrogens is 3. The van der Waals surface area contributed by atoms with E-state index in [9.17, 15) is 13.2 Å². The van der Waals surface area contributed by atoms with Crippen LogP contribution in [-0.4, -0.2) is 59.5 Å². The van der Waals surface area contributed by atoms with Crippen molar-refractivity contribution in [3.63, 3.8) is 0 Å². The molecule has 0 saturated heterocycles. The summed E-state index contributed by atoms with van der Waals surface area (Å²) in [5, 5.41) is 7.95. The predicted molar refractivity (Wildman–Crippen MR) is 109 cm³/mol. The highest BCUT2D eigenvalue weighted by Crippen LogP contribution is 2.45. The van der Waals surface area contributed by atoms with Crippen LogP contribution in [0.5, 0.6) is 0 Å². The number of carbonyl (C=O) groups is 1. The third kappa shape index (κ3) is 3.83. The predicted octanol–water partition coefficient (Wildman–Crippen LogP) is 1.47. The lowest BCUT2D eigenvalue weighted by Crippen LogP contribution is -2.46. The second-order valence-electron chi connectivity index (χ2n) is 6.45. The molecule has 0 aromatic carbocycles. The lowest BCUT2D eigenvalue weighted by Gasteiger charge is -2.23. The van der Waals surface area contributed by atoms with Crippen molar-refractivity contribution in [2.45, 2.75) is 17.6 Å². The number of pyridine rings is 1. The Bertz CT molecular complexity index is 1100. The molecule has 152 valence electrons. The topological polar surface area (TPSA) is 107 Å². The van der Waals surface area contributed by atoms with Crippen LogP contribution in [0.2, 0.25) is 5.15 Å². The summed E-state index contributed by atoms with van der Waals surface area (Å²) in [4.78, 5) is 23.3. The third-order valence-electron chi connectivity index (χ3n) is 4.58. The SMILES string of the molecule is C#CCN(C(=O)/C(=N/OC)C1(S(C)(=O)=O)CC1)c1cn(-c2cccnc2)nc1Cl. The van der Waals surface area contributed by atoms with E-state index in [1.165, 1.54) is 18.0 Å². The molecular weight excluding hydrogens is 418 g/mol. The van der Waals surface area contributed by atoms with Gasteiger partial charge in [0.15, 0.2) is 20.7 Å². The minimum atomic E-state index is -3.61. The Balaban J connectivity index is 2.04. The third-order valence-corrected chi connectivity index (χ3v) is 6.87. The summed E-state index contributed by atoms with van der Waals surface area (Å²) >= 11 is 6.27. The van der Waals surface area contributed by atoms with Crippen LogP contribution >= 0.6 is 11.6 Å². The molecule has 11 heteroatoms. The first kappa shape index (κ1) is 20.8. The summed E-state index contributed by atoms with van der Waals surface area (Å²) in [6.45, 7) is -0.167. The molecule has 9 nitrogen and oxygen atoms in total. The summed E-state index contributed by atoms with van der Waals surface area (Å²) in [7, 11) is -2.37. The first-order valence-electron chi connectivity index (χ1n) is 8.47. The molecule has 3 rings (SSSR count). The fraction of sp³-hybridized carbons (Fsp3) is 0.333. The molecule has 2 heterocycles. The van der Waals surface area contributed by atoms with Crippen LogP contribution in [0.25, 0.3) is 5.69 Å². The molecule has 0 spiro atoms. The zero-order chi connectivity index (χ0) is 21.2. The van der Waals surface area contributed by atoms with Crippen molar-refractivity contribution in [3.05, 3.63) is 35.9 Å². The summed E-state index contributed by atoms with van der Waals surface area (Å²) in [5.74, 6) is 1.67. The van der Waals surface area contributed by atoms with E-state index >= 15 is 0 Å². The molecule has 2 aromatic rings. The average Bonchev–Trinajstić information content (AvgIpc) is 3.42. The van der Waals surface area contributed by atoms with Crippen molar-refractivity contribution < 1.29 is 18.0 Å². The molecule has 1 aliphatic carbocycles. The zero-order valence-electron chi connectivity index (χ0n) is 15.7. The van der Waals surface area contributed by atoms with Gasteiger partial charge in [-0.3, -0.25) is 14.7 Å². The van der Waals surface area contributed by atoms with Gasteiger partial charge in [-0.15, -0.1) is 6.42 Å². The number of terminal acetylenes is 1. The van der Waals surface area contributed by atoms with Gasteiger partial charge in [-0.25, -0.2) is 13.1 Å². The van der Waals surface area contributed by atoms with Gasteiger partial charge >= 0.3 is 0 Å². The van der Waals surface area contributed by atoms with Crippen molar-refractivity contribution in [1.29, 1.82) is 0 Å². The largest absolute Gasteiger partial charge is 0.399 e. The fourth-order valence-electron chi connectivity index (χ4n) is 2.94. The van der Waals surface area contributed by atoms with Crippen LogP contribution in [0, 0.1) is 12.3 Å². The maximum absolute atomic E-state index is 13.3. The van der Waals surface area contributed by atoms with E-state index in [-0.39, 0.29) is 35.9 Å². The lowest BCUT2D eigenvalue weighted by atomic mass is 10.2. The van der Waals surface area contributed by atoms with E-state index in [1.54, 1.807) is 24.5 Å². The van der Waals surface area contributed by atoms with Gasteiger partial charge in [0.2, 0.25) is 0 Å². The van der Waals surface area contributed by atoms with Crippen LogP contribution < -0.4 is 4.90 Å². The number of nitrogens with zero attached hydrogens (tertiary/aromatic N) is 5. The maximum Gasteiger partial charge on any atom is 0.278 e. The number of amides is 1. The van der Waals surface area contributed by atoms with Crippen LogP contribution in [0.1, 0.15) is 12.8 Å². The Morgan fingerprint density at radius 2 is 2.24 bits per heavy atom. The van der Waals surface area contributed by atoms with Crippen molar-refractivity contribution in [3.8, 4) is 18.0 Å². The van der Waals surface area contributed by atoms with Crippen LogP contribution in [0.4, 0.5) is 5.69 Å². The summed E-state index contributed by atoms with van der Waals surface area (Å²) in [5.41, 5.74) is 0.601. The van der Waals surface area contributed by atoms with Gasteiger partial charge in [-0.1, -0.05) is 22.7 Å². The second kappa shape index (κ2) is 7.85. The molecule has 1 fully saturated rings. The molecule has 0 aliphatic heterocycles. The number of hydrogen-bond donors (Lipinski definition) is 0. The highest BCUT2D eigenvalue weighted by atomic mass is 35.5. The molecule has 1 aliphatic rings. The first-order valence-corrected chi connectivity index (χ1v) is 10.7. The van der Waals surface area contributed by atoms with Gasteiger partial charge in [-0.05, 0) is 25.0 Å². The van der Waals surface area contributed by atoms with E-state index < -0.39 is 20.5 Å². The first-order chi connectivity index (χ1) is 13.7. The van der Waals surface area contributed by atoms with Crippen LogP contribution in [0.15, 0.2) is 35.9 Å². The van der Waals surface area contributed by atoms with Gasteiger partial charge in [-0.2, -0.15) is 5.10 Å². The normalized spacial score (nSPS) is 15.4. The van der Waals surface area contributed by atoms with E-state index in [1.807, 2.05) is 0 Å². The Labute approximate surface area is 173 Å². The second-order valence-corrected chi connectivity index (χ2v) is 9.13. The molecule has 0 bridgehead atoms. The quantitative estimate of drug-likeness (QED) is 0.370. The minimum Gasteiger partial charge on any atom is -0.399 e. The Morgan fingerprint density at radius 1 is 1.52 bits per heavy atom. The Kier molecular flexibility index (Phi) is 5.64. The highest BCUT2D eigenvalue weighted by Gasteiger charge is 2.60. The van der Waals surface area contributed by atoms with Gasteiger partial charge in [0.25, 0.3) is 5.91 Å². The zero-order valence-corrected chi connectivity index (χ0v) is 17.3. The molecular formula is C18H18ClN5O4S. The molecule has 29 heavy (non-hydrogen) atoms. The molecule has 0 N–H and O–H groups in total. The van der Waals surface area contributed by atoms with Crippen molar-refractivity contribution in [2.24, 2.45) is 5.16 Å². The van der Waals surface area contributed by atoms with Gasteiger partial charge in [0.05, 0.1) is 24.6 Å². The number of rotatable bonds is 7. The van der Waals surface area contributed by atoms with Crippen molar-refractivity contribution in [1.82, 2.24) is 14.8 Å². The molecule has 0 atom stereocenters. The molecule has 2 aromatic heterocycles. The van der Waals surface area contributed by atoms with Crippen LogP contribution in [0.3, 0.4) is 0 Å². The molecule has 0 radical (unpaired) electrons. The number of oxime groups is 1. The number of carbonyl (C=O) groups excluding carboxylic acids is 1. The average molecular weight is 436 g/mol. The maximum atomic E-state index is 13.3. The minimum absolute atomic E-state index is 0.0124. The standard InChI is InChI=1S/C18H18ClN5O4S/c1-4-10-23(14-12-24(21-16(14)19)13-6-5-9-20-11-13)17(25)15(22-28-2)18(7-8-18)29(3,26)27/h1,5-6,9,11-12H,7-8,10H2,2-3H3/b22-15-. The fourth-order valence-corrected chi connectivity index (χ4v) is 4.49. The summed E-state index contributed by atoms with van der Waals surface area (Å²) in [6.07, 6.45) is 11.7. The van der Waals surface area contributed by atoms with Gasteiger partial charge < -0.3 is 4.84 Å². The monoisotopic (exact) mass is 435 g/mol. The van der Waals surface area contributed by atoms with Crippen molar-refractivity contribution in [2.75, 3.05) is 24.8 Å². The lowest BCUT2D eigenvalue weighted by molar-refractivity contribution is -0.112. The Hall–Kier alpha value is -2.90. The number of sulfone groups is 1. The van der Waals surface area contributed by atoms with Crippen molar-refractivity contribution >= 4 is 38.7 Å².